The Bertz CT molecular complexity index is 792. The first kappa shape index (κ1) is 12.9. The number of nitrogens with zero attached hydrogens (tertiary/aromatic N) is 1. The number of fused-ring (bicyclic) bond motifs is 1. The fourth-order valence-corrected chi connectivity index (χ4v) is 1.93. The molecule has 3 rings (SSSR count). The second-order valence-corrected chi connectivity index (χ2v) is 4.27. The van der Waals surface area contributed by atoms with E-state index in [1.165, 1.54) is 12.3 Å². The molecule has 0 aliphatic heterocycles. The van der Waals surface area contributed by atoms with E-state index in [1.54, 1.807) is 24.4 Å². The Morgan fingerprint density at radius 2 is 1.90 bits per heavy atom. The molecule has 21 heavy (non-hydrogen) atoms. The zero-order valence-electron chi connectivity index (χ0n) is 10.9. The average Bonchev–Trinajstić information content (AvgIpc) is 3.02. The zero-order valence-corrected chi connectivity index (χ0v) is 10.9. The summed E-state index contributed by atoms with van der Waals surface area (Å²) in [5.74, 6) is -0.535. The second-order valence-electron chi connectivity index (χ2n) is 4.27. The molecule has 0 aliphatic rings. The van der Waals surface area contributed by atoms with Crippen LogP contribution in [0.2, 0.25) is 0 Å². The Morgan fingerprint density at radius 3 is 2.71 bits per heavy atom. The first-order valence-electron chi connectivity index (χ1n) is 6.23. The Balaban J connectivity index is 1.76. The van der Waals surface area contributed by atoms with Crippen molar-refractivity contribution in [2.75, 3.05) is 5.32 Å². The quantitative estimate of drug-likeness (QED) is 0.756. The summed E-state index contributed by atoms with van der Waals surface area (Å²) in [4.78, 5) is 27.8. The minimum absolute atomic E-state index is 0.0706. The van der Waals surface area contributed by atoms with Crippen LogP contribution in [0.3, 0.4) is 0 Å². The maximum atomic E-state index is 11.8. The molecule has 0 atom stereocenters. The van der Waals surface area contributed by atoms with Gasteiger partial charge in [0.25, 0.3) is 5.91 Å². The van der Waals surface area contributed by atoms with Crippen LogP contribution in [0, 0.1) is 0 Å². The molecule has 0 spiro atoms. The lowest BCUT2D eigenvalue weighted by Gasteiger charge is -2.08. The third-order valence-electron chi connectivity index (χ3n) is 2.85. The number of furan rings is 1. The smallest absolute Gasteiger partial charge is 0.326 e. The van der Waals surface area contributed by atoms with Crippen molar-refractivity contribution >= 4 is 28.5 Å². The molecule has 2 aromatic heterocycles. The Kier molecular flexibility index (Phi) is 3.34. The normalized spacial score (nSPS) is 10.3. The molecular formula is C15H11N3O3. The fraction of sp³-hybridized carbons (Fsp3) is 0. The van der Waals surface area contributed by atoms with Crippen LogP contribution in [0.5, 0.6) is 0 Å². The lowest BCUT2D eigenvalue weighted by Crippen LogP contribution is -2.34. The maximum Gasteiger partial charge on any atom is 0.326 e. The highest BCUT2D eigenvalue weighted by atomic mass is 16.3. The van der Waals surface area contributed by atoms with Crippen molar-refractivity contribution in [3.63, 3.8) is 0 Å². The first-order chi connectivity index (χ1) is 10.2. The lowest BCUT2D eigenvalue weighted by atomic mass is 10.2. The van der Waals surface area contributed by atoms with Crippen LogP contribution < -0.4 is 10.6 Å². The largest absolute Gasteiger partial charge is 0.459 e. The number of anilines is 1. The number of pyridine rings is 1. The molecule has 0 saturated heterocycles. The number of rotatable bonds is 2. The van der Waals surface area contributed by atoms with E-state index in [0.717, 1.165) is 5.39 Å². The Labute approximate surface area is 119 Å². The van der Waals surface area contributed by atoms with Gasteiger partial charge < -0.3 is 9.73 Å². The van der Waals surface area contributed by atoms with Crippen molar-refractivity contribution in [2.24, 2.45) is 0 Å². The van der Waals surface area contributed by atoms with Crippen molar-refractivity contribution in [3.8, 4) is 0 Å². The predicted molar refractivity (Wildman–Crippen MR) is 76.9 cm³/mol. The molecule has 1 aromatic carbocycles. The number of aromatic nitrogens is 1. The van der Waals surface area contributed by atoms with E-state index in [-0.39, 0.29) is 5.76 Å². The number of carbonyl (C=O) groups excluding carboxylic acids is 2. The monoisotopic (exact) mass is 281 g/mol. The van der Waals surface area contributed by atoms with E-state index in [2.05, 4.69) is 15.6 Å². The van der Waals surface area contributed by atoms with Crippen molar-refractivity contribution in [3.05, 3.63) is 60.7 Å². The summed E-state index contributed by atoms with van der Waals surface area (Å²) in [6.45, 7) is 0. The lowest BCUT2D eigenvalue weighted by molar-refractivity contribution is 0.0940. The highest BCUT2D eigenvalue weighted by molar-refractivity contribution is 6.08. The summed E-state index contributed by atoms with van der Waals surface area (Å²) in [6.07, 6.45) is 3.00. The molecule has 0 bridgehead atoms. The van der Waals surface area contributed by atoms with Crippen LogP contribution in [-0.4, -0.2) is 16.9 Å². The Morgan fingerprint density at radius 1 is 1.05 bits per heavy atom. The van der Waals surface area contributed by atoms with Crippen LogP contribution >= 0.6 is 0 Å². The van der Waals surface area contributed by atoms with Gasteiger partial charge in [-0.15, -0.1) is 0 Å². The number of nitrogens with one attached hydrogen (secondary N) is 2. The summed E-state index contributed by atoms with van der Waals surface area (Å²) < 4.78 is 4.91. The summed E-state index contributed by atoms with van der Waals surface area (Å²) in [5, 5.41) is 5.68. The van der Waals surface area contributed by atoms with Gasteiger partial charge in [-0.25, -0.2) is 4.79 Å². The van der Waals surface area contributed by atoms with Gasteiger partial charge in [-0.1, -0.05) is 18.2 Å². The SMILES string of the molecule is O=C(NC(=O)c1ccco1)Nc1cccc2cccnc12. The van der Waals surface area contributed by atoms with Crippen molar-refractivity contribution in [2.45, 2.75) is 0 Å². The summed E-state index contributed by atoms with van der Waals surface area (Å²) >= 11 is 0. The molecule has 3 amide bonds. The van der Waals surface area contributed by atoms with E-state index >= 15 is 0 Å². The molecule has 0 unspecified atom stereocenters. The minimum atomic E-state index is -0.644. The van der Waals surface area contributed by atoms with Crippen LogP contribution in [0.15, 0.2) is 59.3 Å². The van der Waals surface area contributed by atoms with Gasteiger partial charge in [0.2, 0.25) is 0 Å². The van der Waals surface area contributed by atoms with Crippen molar-refractivity contribution in [1.82, 2.24) is 10.3 Å². The summed E-state index contributed by atoms with van der Waals surface area (Å²) in [5.41, 5.74) is 1.18. The Hall–Kier alpha value is -3.15. The van der Waals surface area contributed by atoms with Crippen LogP contribution in [0.1, 0.15) is 10.6 Å². The van der Waals surface area contributed by atoms with Crippen molar-refractivity contribution < 1.29 is 14.0 Å². The molecule has 6 heteroatoms. The summed E-state index contributed by atoms with van der Waals surface area (Å²) in [7, 11) is 0. The number of imide groups is 1. The molecule has 0 saturated carbocycles. The molecule has 0 radical (unpaired) electrons. The standard InChI is InChI=1S/C15H11N3O3/c19-14(12-7-3-9-21-12)18-15(20)17-11-6-1-4-10-5-2-8-16-13(10)11/h1-9H,(H2,17,18,19,20). The zero-order chi connectivity index (χ0) is 14.7. The second kappa shape index (κ2) is 5.46. The highest BCUT2D eigenvalue weighted by Crippen LogP contribution is 2.20. The van der Waals surface area contributed by atoms with Gasteiger partial charge in [0.15, 0.2) is 5.76 Å². The number of para-hydroxylation sites is 1. The third-order valence-corrected chi connectivity index (χ3v) is 2.85. The fourth-order valence-electron chi connectivity index (χ4n) is 1.93. The third kappa shape index (κ3) is 2.74. The van der Waals surface area contributed by atoms with E-state index < -0.39 is 11.9 Å². The maximum absolute atomic E-state index is 11.8. The molecular weight excluding hydrogens is 270 g/mol. The number of hydrogen-bond donors (Lipinski definition) is 2. The number of amides is 3. The number of carbonyl (C=O) groups is 2. The van der Waals surface area contributed by atoms with Gasteiger partial charge >= 0.3 is 6.03 Å². The molecule has 2 N–H and O–H groups in total. The highest BCUT2D eigenvalue weighted by Gasteiger charge is 2.13. The van der Waals surface area contributed by atoms with Gasteiger partial charge in [0.1, 0.15) is 0 Å². The van der Waals surface area contributed by atoms with E-state index in [4.69, 9.17) is 4.42 Å². The van der Waals surface area contributed by atoms with Gasteiger partial charge in [0, 0.05) is 11.6 Å². The minimum Gasteiger partial charge on any atom is -0.459 e. The predicted octanol–water partition coefficient (Wildman–Crippen LogP) is 2.79. The number of urea groups is 1. The molecule has 2 heterocycles. The average molecular weight is 281 g/mol. The van der Waals surface area contributed by atoms with Crippen LogP contribution in [0.25, 0.3) is 10.9 Å². The van der Waals surface area contributed by atoms with E-state index in [9.17, 15) is 9.59 Å². The van der Waals surface area contributed by atoms with Gasteiger partial charge in [-0.05, 0) is 24.3 Å². The summed E-state index contributed by atoms with van der Waals surface area (Å²) in [6, 6.07) is 11.5. The molecule has 3 aromatic rings. The number of hydrogen-bond acceptors (Lipinski definition) is 4. The molecule has 0 aliphatic carbocycles. The molecule has 0 fully saturated rings. The van der Waals surface area contributed by atoms with Crippen LogP contribution in [0.4, 0.5) is 10.5 Å². The van der Waals surface area contributed by atoms with Gasteiger partial charge in [-0.2, -0.15) is 0 Å². The van der Waals surface area contributed by atoms with Gasteiger partial charge in [-0.3, -0.25) is 15.1 Å². The van der Waals surface area contributed by atoms with E-state index in [1.807, 2.05) is 18.2 Å². The van der Waals surface area contributed by atoms with Crippen LogP contribution in [-0.2, 0) is 0 Å². The molecule has 6 nitrogen and oxygen atoms in total. The van der Waals surface area contributed by atoms with Gasteiger partial charge in [0.05, 0.1) is 17.5 Å². The van der Waals surface area contributed by atoms with E-state index in [0.29, 0.717) is 11.2 Å². The topological polar surface area (TPSA) is 84.2 Å². The number of benzene rings is 1. The molecule has 104 valence electrons. The first-order valence-corrected chi connectivity index (χ1v) is 6.23. The van der Waals surface area contributed by atoms with Crippen molar-refractivity contribution in [1.29, 1.82) is 0 Å².